The number of hydrogen-bond acceptors (Lipinski definition) is 2. The molecule has 0 saturated heterocycles. The SMILES string of the molecule is COc1[c-]c2ccccc2cc1OC.[Zn+][Br]. The summed E-state index contributed by atoms with van der Waals surface area (Å²) in [6.07, 6.45) is 0. The molecule has 0 N–H and O–H groups in total. The van der Waals surface area contributed by atoms with Gasteiger partial charge in [-0.3, -0.25) is 0 Å². The van der Waals surface area contributed by atoms with E-state index in [-0.39, 0.29) is 0 Å². The number of benzene rings is 2. The van der Waals surface area contributed by atoms with Gasteiger partial charge in [0, 0.05) is 0 Å². The normalized spacial score (nSPS) is 9.31. The summed E-state index contributed by atoms with van der Waals surface area (Å²) in [7, 11) is 3.24. The van der Waals surface area contributed by atoms with Gasteiger partial charge >= 0.3 is 30.0 Å². The Balaban J connectivity index is 0.000000606. The quantitative estimate of drug-likeness (QED) is 0.619. The summed E-state index contributed by atoms with van der Waals surface area (Å²) in [5.74, 6) is 1.36. The fraction of sp³-hybridized carbons (Fsp3) is 0.167. The molecule has 2 nitrogen and oxygen atoms in total. The van der Waals surface area contributed by atoms with E-state index >= 15 is 0 Å². The molecule has 0 unspecified atom stereocenters. The molecule has 0 spiro atoms. The molecular formula is C12H11BrO2Zn. The van der Waals surface area contributed by atoms with E-state index < -0.39 is 0 Å². The summed E-state index contributed by atoms with van der Waals surface area (Å²) in [4.78, 5) is 0. The van der Waals surface area contributed by atoms with Crippen molar-refractivity contribution in [2.75, 3.05) is 14.2 Å². The van der Waals surface area contributed by atoms with Crippen LogP contribution < -0.4 is 9.47 Å². The van der Waals surface area contributed by atoms with Crippen LogP contribution in [0, 0.1) is 6.07 Å². The van der Waals surface area contributed by atoms with Crippen LogP contribution in [0.2, 0.25) is 0 Å². The van der Waals surface area contributed by atoms with E-state index in [9.17, 15) is 0 Å². The van der Waals surface area contributed by atoms with Gasteiger partial charge in [-0.2, -0.15) is 0 Å². The Bertz CT molecular complexity index is 417. The predicted octanol–water partition coefficient (Wildman–Crippen LogP) is 3.50. The van der Waals surface area contributed by atoms with Crippen molar-refractivity contribution in [1.29, 1.82) is 0 Å². The molecule has 2 aromatic rings. The average molecular weight is 333 g/mol. The summed E-state index contributed by atoms with van der Waals surface area (Å²) in [6.45, 7) is 0. The molecule has 4 heteroatoms. The number of ether oxygens (including phenoxy) is 2. The van der Waals surface area contributed by atoms with Gasteiger partial charge in [-0.15, -0.1) is 22.9 Å². The van der Waals surface area contributed by atoms with Crippen molar-refractivity contribution in [1.82, 2.24) is 0 Å². The van der Waals surface area contributed by atoms with Crippen LogP contribution in [0.4, 0.5) is 0 Å². The van der Waals surface area contributed by atoms with Crippen molar-refractivity contribution in [3.05, 3.63) is 36.4 Å². The third-order valence-corrected chi connectivity index (χ3v) is 2.14. The van der Waals surface area contributed by atoms with Crippen LogP contribution in [0.3, 0.4) is 0 Å². The second-order valence-electron chi connectivity index (χ2n) is 2.96. The Labute approximate surface area is 112 Å². The van der Waals surface area contributed by atoms with E-state index in [1.54, 1.807) is 14.2 Å². The predicted molar refractivity (Wildman–Crippen MR) is 64.8 cm³/mol. The molecule has 0 saturated carbocycles. The molecule has 0 radical (unpaired) electrons. The first-order valence-electron chi connectivity index (χ1n) is 4.65. The summed E-state index contributed by atoms with van der Waals surface area (Å²) < 4.78 is 10.4. The summed E-state index contributed by atoms with van der Waals surface area (Å²) in [6, 6.07) is 13.1. The Morgan fingerprint density at radius 2 is 1.81 bits per heavy atom. The zero-order chi connectivity index (χ0) is 12.0. The molecule has 0 aliphatic heterocycles. The van der Waals surface area contributed by atoms with Gasteiger partial charge < -0.3 is 9.47 Å². The summed E-state index contributed by atoms with van der Waals surface area (Å²) in [5.41, 5.74) is 0. The van der Waals surface area contributed by atoms with E-state index in [2.05, 4.69) is 19.7 Å². The number of fused-ring (bicyclic) bond motifs is 1. The van der Waals surface area contributed by atoms with E-state index in [1.165, 1.54) is 16.3 Å². The number of halogens is 1. The van der Waals surface area contributed by atoms with Crippen LogP contribution in [0.25, 0.3) is 10.8 Å². The number of rotatable bonds is 2. The van der Waals surface area contributed by atoms with Gasteiger partial charge in [0.25, 0.3) is 0 Å². The molecular weight excluding hydrogens is 321 g/mol. The molecule has 80 valence electrons. The van der Waals surface area contributed by atoms with Crippen molar-refractivity contribution in [2.24, 2.45) is 0 Å². The minimum atomic E-state index is 0.645. The third-order valence-electron chi connectivity index (χ3n) is 2.14. The van der Waals surface area contributed by atoms with Crippen LogP contribution in [0.1, 0.15) is 0 Å². The van der Waals surface area contributed by atoms with Crippen LogP contribution >= 0.6 is 13.6 Å². The van der Waals surface area contributed by atoms with Crippen LogP contribution in [0.5, 0.6) is 11.5 Å². The Kier molecular flexibility index (Phi) is 5.79. The molecule has 0 fully saturated rings. The molecule has 0 amide bonds. The van der Waals surface area contributed by atoms with Gasteiger partial charge in [0.2, 0.25) is 0 Å². The molecule has 0 bridgehead atoms. The average Bonchev–Trinajstić information content (AvgIpc) is 2.39. The molecule has 0 aliphatic rings. The molecule has 0 aromatic heterocycles. The Hall–Kier alpha value is -0.597. The van der Waals surface area contributed by atoms with Crippen LogP contribution in [-0.2, 0) is 16.3 Å². The molecule has 16 heavy (non-hydrogen) atoms. The van der Waals surface area contributed by atoms with Gasteiger partial charge in [-0.05, 0) is 0 Å². The Morgan fingerprint density at radius 1 is 1.12 bits per heavy atom. The second kappa shape index (κ2) is 6.87. The van der Waals surface area contributed by atoms with Crippen molar-refractivity contribution in [2.45, 2.75) is 0 Å². The van der Waals surface area contributed by atoms with Gasteiger partial charge in [-0.25, -0.2) is 0 Å². The second-order valence-corrected chi connectivity index (χ2v) is 2.96. The number of hydrogen-bond donors (Lipinski definition) is 0. The van der Waals surface area contributed by atoms with Crippen molar-refractivity contribution in [3.63, 3.8) is 0 Å². The maximum atomic E-state index is 5.19. The van der Waals surface area contributed by atoms with Gasteiger partial charge in [-0.1, -0.05) is 24.3 Å². The fourth-order valence-electron chi connectivity index (χ4n) is 1.43. The van der Waals surface area contributed by atoms with Gasteiger partial charge in [0.15, 0.2) is 0 Å². The first kappa shape index (κ1) is 13.5. The monoisotopic (exact) mass is 330 g/mol. The van der Waals surface area contributed by atoms with Crippen molar-refractivity contribution >= 4 is 24.4 Å². The summed E-state index contributed by atoms with van der Waals surface area (Å²) >= 11 is 4.25. The number of methoxy groups -OCH3 is 2. The molecule has 2 rings (SSSR count). The van der Waals surface area contributed by atoms with E-state index in [0.29, 0.717) is 11.5 Å². The van der Waals surface area contributed by atoms with Crippen LogP contribution in [0.15, 0.2) is 30.3 Å². The minimum absolute atomic E-state index is 0.645. The summed E-state index contributed by atoms with van der Waals surface area (Å²) in [5, 5.41) is 2.13. The zero-order valence-electron chi connectivity index (χ0n) is 9.29. The van der Waals surface area contributed by atoms with Crippen LogP contribution in [-0.4, -0.2) is 14.2 Å². The first-order chi connectivity index (χ1) is 7.85. The zero-order valence-corrected chi connectivity index (χ0v) is 13.8. The van der Waals surface area contributed by atoms with Gasteiger partial charge in [0.1, 0.15) is 0 Å². The molecule has 0 heterocycles. The standard InChI is InChI=1S/C12H11O2.BrH.Zn/c1-13-11-7-9-5-3-4-6-10(9)8-12(11)14-2;;/h3-7H,1-2H3;1H;/q-1;;+2/p-1. The topological polar surface area (TPSA) is 18.5 Å². The Morgan fingerprint density at radius 3 is 2.44 bits per heavy atom. The van der Waals surface area contributed by atoms with E-state index in [4.69, 9.17) is 9.47 Å². The van der Waals surface area contributed by atoms with Gasteiger partial charge in [0.05, 0.1) is 25.7 Å². The third kappa shape index (κ3) is 2.96. The molecule has 2 aromatic carbocycles. The fourth-order valence-corrected chi connectivity index (χ4v) is 1.43. The van der Waals surface area contributed by atoms with Crippen molar-refractivity contribution in [3.8, 4) is 11.5 Å². The first-order valence-corrected chi connectivity index (χ1v) is 11.6. The molecule has 0 aliphatic carbocycles. The van der Waals surface area contributed by atoms with E-state index in [0.717, 1.165) is 10.8 Å². The van der Waals surface area contributed by atoms with E-state index in [1.807, 2.05) is 30.3 Å². The maximum absolute atomic E-state index is 5.19. The van der Waals surface area contributed by atoms with Crippen molar-refractivity contribution < 1.29 is 25.8 Å². The molecule has 0 atom stereocenters.